The molecule has 1 amide bonds. The highest BCUT2D eigenvalue weighted by Crippen LogP contribution is 2.23. The Kier molecular flexibility index (Phi) is 6.64. The molecule has 3 heterocycles. The lowest BCUT2D eigenvalue weighted by molar-refractivity contribution is -0.115. The number of aromatic nitrogens is 5. The quantitative estimate of drug-likeness (QED) is 0.438. The highest BCUT2D eigenvalue weighted by molar-refractivity contribution is 5.92. The Balaban J connectivity index is 1.39. The summed E-state index contributed by atoms with van der Waals surface area (Å²) < 4.78 is 16.5. The van der Waals surface area contributed by atoms with E-state index in [1.807, 2.05) is 13.2 Å². The normalized spacial score (nSPS) is 11.2. The van der Waals surface area contributed by atoms with Crippen molar-refractivity contribution in [3.05, 3.63) is 89.8 Å². The van der Waals surface area contributed by atoms with Crippen molar-refractivity contribution in [1.29, 1.82) is 5.26 Å². The maximum atomic E-state index is 14.8. The number of pyridine rings is 1. The van der Waals surface area contributed by atoms with Gasteiger partial charge in [-0.05, 0) is 48.7 Å². The van der Waals surface area contributed by atoms with Gasteiger partial charge in [0.05, 0.1) is 41.7 Å². The highest BCUT2D eigenvalue weighted by Gasteiger charge is 2.21. The summed E-state index contributed by atoms with van der Waals surface area (Å²) in [4.78, 5) is 25.4. The van der Waals surface area contributed by atoms with Crippen LogP contribution in [-0.2, 0) is 30.1 Å². The number of benzene rings is 1. The van der Waals surface area contributed by atoms with Gasteiger partial charge in [-0.25, -0.2) is 14.4 Å². The zero-order chi connectivity index (χ0) is 25.0. The molecule has 0 fully saturated rings. The molecule has 8 nitrogen and oxygen atoms in total. The van der Waals surface area contributed by atoms with Crippen molar-refractivity contribution >= 4 is 11.6 Å². The van der Waals surface area contributed by atoms with Crippen LogP contribution in [0, 0.1) is 17.1 Å². The number of rotatable bonds is 7. The van der Waals surface area contributed by atoms with Crippen molar-refractivity contribution in [2.45, 2.75) is 32.1 Å². The fraction of sp³-hybridized carbons (Fsp3) is 0.231. The zero-order valence-electron chi connectivity index (χ0n) is 19.7. The Labute approximate surface area is 202 Å². The van der Waals surface area contributed by atoms with Crippen LogP contribution in [0.25, 0.3) is 11.1 Å². The van der Waals surface area contributed by atoms with Crippen molar-refractivity contribution in [3.63, 3.8) is 0 Å². The Bertz CT molecular complexity index is 1390. The van der Waals surface area contributed by atoms with Gasteiger partial charge < -0.3 is 5.32 Å². The Morgan fingerprint density at radius 1 is 1.09 bits per heavy atom. The van der Waals surface area contributed by atoms with Crippen molar-refractivity contribution < 1.29 is 9.18 Å². The SMILES string of the molecule is Cn1cc(Cc2ncc(-c3ccc(CC(=O)Nc4ccc(C(C)(C)C#N)nc4)c(F)c3)cn2)cn1. The lowest BCUT2D eigenvalue weighted by atomic mass is 9.91. The molecule has 0 bridgehead atoms. The summed E-state index contributed by atoms with van der Waals surface area (Å²) in [6.07, 6.45) is 8.91. The molecule has 35 heavy (non-hydrogen) atoms. The summed E-state index contributed by atoms with van der Waals surface area (Å²) >= 11 is 0. The standard InChI is InChI=1S/C26H24FN7O/c1-26(2,16-28)23-7-6-21(14-29-23)33-25(35)10-19-5-4-18(9-22(19)27)20-12-30-24(31-13-20)8-17-11-32-34(3)15-17/h4-7,9,11-15H,8,10H2,1-3H3,(H,33,35). The van der Waals surface area contributed by atoms with Crippen LogP contribution in [0.2, 0.25) is 0 Å². The van der Waals surface area contributed by atoms with Crippen molar-refractivity contribution in [1.82, 2.24) is 24.7 Å². The average Bonchev–Trinajstić information content (AvgIpc) is 3.25. The van der Waals surface area contributed by atoms with Crippen LogP contribution in [0.15, 0.2) is 61.3 Å². The molecule has 1 N–H and O–H groups in total. The molecule has 0 unspecified atom stereocenters. The molecule has 0 spiro atoms. The predicted octanol–water partition coefficient (Wildman–Crippen LogP) is 3.98. The Hall–Kier alpha value is -4.45. The number of nitrogens with zero attached hydrogens (tertiary/aromatic N) is 6. The maximum Gasteiger partial charge on any atom is 0.228 e. The number of nitriles is 1. The van der Waals surface area contributed by atoms with E-state index in [0.29, 0.717) is 34.8 Å². The number of anilines is 1. The zero-order valence-corrected chi connectivity index (χ0v) is 19.7. The van der Waals surface area contributed by atoms with Gasteiger partial charge in [0, 0.05) is 37.6 Å². The first kappa shape index (κ1) is 23.7. The molecule has 176 valence electrons. The van der Waals surface area contributed by atoms with E-state index in [2.05, 4.69) is 31.4 Å². The molecule has 0 aliphatic carbocycles. The molecule has 0 aliphatic heterocycles. The van der Waals surface area contributed by atoms with Crippen molar-refractivity contribution in [2.24, 2.45) is 7.05 Å². The molecule has 0 saturated heterocycles. The minimum absolute atomic E-state index is 0.127. The predicted molar refractivity (Wildman–Crippen MR) is 129 cm³/mol. The second kappa shape index (κ2) is 9.81. The third kappa shape index (κ3) is 5.73. The smallest absolute Gasteiger partial charge is 0.228 e. The first-order chi connectivity index (χ1) is 16.7. The minimum atomic E-state index is -0.724. The fourth-order valence-corrected chi connectivity index (χ4v) is 3.48. The summed E-state index contributed by atoms with van der Waals surface area (Å²) in [7, 11) is 1.85. The van der Waals surface area contributed by atoms with Crippen LogP contribution in [0.1, 0.15) is 36.5 Å². The third-order valence-corrected chi connectivity index (χ3v) is 5.53. The lowest BCUT2D eigenvalue weighted by Crippen LogP contribution is -2.18. The van der Waals surface area contributed by atoms with Gasteiger partial charge in [0.2, 0.25) is 5.91 Å². The fourth-order valence-electron chi connectivity index (χ4n) is 3.48. The molecule has 4 rings (SSSR count). The largest absolute Gasteiger partial charge is 0.324 e. The van der Waals surface area contributed by atoms with E-state index < -0.39 is 11.2 Å². The maximum absolute atomic E-state index is 14.8. The summed E-state index contributed by atoms with van der Waals surface area (Å²) in [5, 5.41) is 16.1. The van der Waals surface area contributed by atoms with Gasteiger partial charge >= 0.3 is 0 Å². The van der Waals surface area contributed by atoms with Crippen LogP contribution in [0.5, 0.6) is 0 Å². The molecule has 0 aliphatic rings. The number of carbonyl (C=O) groups excluding carboxylic acids is 1. The topological polar surface area (TPSA) is 109 Å². The molecule has 1 aromatic carbocycles. The molecule has 0 atom stereocenters. The van der Waals surface area contributed by atoms with E-state index >= 15 is 0 Å². The number of aryl methyl sites for hydroxylation is 1. The molecule has 4 aromatic rings. The van der Waals surface area contributed by atoms with E-state index in [9.17, 15) is 14.4 Å². The molecular formula is C26H24FN7O. The van der Waals surface area contributed by atoms with Gasteiger partial charge in [-0.2, -0.15) is 10.4 Å². The van der Waals surface area contributed by atoms with Crippen LogP contribution < -0.4 is 5.32 Å². The van der Waals surface area contributed by atoms with E-state index in [-0.39, 0.29) is 17.9 Å². The highest BCUT2D eigenvalue weighted by atomic mass is 19.1. The summed E-state index contributed by atoms with van der Waals surface area (Å²) in [5.41, 5.74) is 2.95. The molecule has 9 heteroatoms. The van der Waals surface area contributed by atoms with E-state index in [1.54, 1.807) is 61.4 Å². The molecule has 0 radical (unpaired) electrons. The molecule has 0 saturated carbocycles. The van der Waals surface area contributed by atoms with E-state index in [4.69, 9.17) is 0 Å². The summed E-state index contributed by atoms with van der Waals surface area (Å²) in [5.74, 6) is -0.204. The Morgan fingerprint density at radius 3 is 2.46 bits per heavy atom. The summed E-state index contributed by atoms with van der Waals surface area (Å²) in [6.45, 7) is 3.53. The molecular weight excluding hydrogens is 445 g/mol. The molecule has 3 aromatic heterocycles. The van der Waals surface area contributed by atoms with Gasteiger partial charge in [-0.3, -0.25) is 14.5 Å². The summed E-state index contributed by atoms with van der Waals surface area (Å²) in [6, 6.07) is 10.3. The third-order valence-electron chi connectivity index (χ3n) is 5.53. The number of carbonyl (C=O) groups is 1. The first-order valence-corrected chi connectivity index (χ1v) is 11.0. The van der Waals surface area contributed by atoms with Gasteiger partial charge in [0.1, 0.15) is 11.6 Å². The van der Waals surface area contributed by atoms with Crippen LogP contribution >= 0.6 is 0 Å². The van der Waals surface area contributed by atoms with Gasteiger partial charge in [0.25, 0.3) is 0 Å². The van der Waals surface area contributed by atoms with Crippen LogP contribution in [0.3, 0.4) is 0 Å². The van der Waals surface area contributed by atoms with Gasteiger partial charge in [0.15, 0.2) is 0 Å². The minimum Gasteiger partial charge on any atom is -0.324 e. The van der Waals surface area contributed by atoms with Crippen molar-refractivity contribution in [3.8, 4) is 17.2 Å². The van der Waals surface area contributed by atoms with Crippen LogP contribution in [0.4, 0.5) is 10.1 Å². The number of nitrogens with one attached hydrogen (secondary N) is 1. The first-order valence-electron chi connectivity index (χ1n) is 11.0. The Morgan fingerprint density at radius 2 is 1.86 bits per heavy atom. The second-order valence-corrected chi connectivity index (χ2v) is 8.79. The number of halogens is 1. The lowest BCUT2D eigenvalue weighted by Gasteiger charge is -2.14. The second-order valence-electron chi connectivity index (χ2n) is 8.79. The van der Waals surface area contributed by atoms with Crippen molar-refractivity contribution in [2.75, 3.05) is 5.32 Å². The van der Waals surface area contributed by atoms with Gasteiger partial charge in [-0.15, -0.1) is 0 Å². The monoisotopic (exact) mass is 469 g/mol. The van der Waals surface area contributed by atoms with E-state index in [0.717, 1.165) is 5.56 Å². The average molecular weight is 470 g/mol. The van der Waals surface area contributed by atoms with E-state index in [1.165, 1.54) is 12.3 Å². The van der Waals surface area contributed by atoms with Crippen LogP contribution in [-0.4, -0.2) is 30.6 Å². The number of hydrogen-bond acceptors (Lipinski definition) is 6. The van der Waals surface area contributed by atoms with Gasteiger partial charge in [-0.1, -0.05) is 12.1 Å². The number of amides is 1. The number of hydrogen-bond donors (Lipinski definition) is 1.